The summed E-state index contributed by atoms with van der Waals surface area (Å²) >= 11 is 0. The molecule has 0 bridgehead atoms. The van der Waals surface area contributed by atoms with Crippen molar-refractivity contribution in [3.63, 3.8) is 0 Å². The standard InChI is InChI=1S/C41H72O5/c1-3-4-5-6-7-8-9-10-11-12-13-14-15-16-17-18-19-20-21-22-23-24-25-26-27-28-29-30-41(43)46-37-40(35-42)45-36-38-31-33-39(44-2)34-32-38/h10-11,31-34,40,42H,3-9,12-30,35-37H2,1-2H3/b11-10-/t40-/m1/s1. The smallest absolute Gasteiger partial charge is 0.305 e. The topological polar surface area (TPSA) is 65.0 Å². The Morgan fingerprint density at radius 2 is 1.09 bits per heavy atom. The second-order valence-electron chi connectivity index (χ2n) is 13.2. The number of methoxy groups -OCH3 is 1. The highest BCUT2D eigenvalue weighted by atomic mass is 16.6. The quantitative estimate of drug-likeness (QED) is 0.0459. The molecule has 46 heavy (non-hydrogen) atoms. The van der Waals surface area contributed by atoms with Gasteiger partial charge in [0.15, 0.2) is 0 Å². The molecule has 0 heterocycles. The molecule has 0 saturated carbocycles. The Labute approximate surface area is 284 Å². The van der Waals surface area contributed by atoms with E-state index in [2.05, 4.69) is 19.1 Å². The van der Waals surface area contributed by atoms with Gasteiger partial charge < -0.3 is 19.3 Å². The summed E-state index contributed by atoms with van der Waals surface area (Å²) in [6.07, 6.45) is 38.2. The molecule has 0 aromatic heterocycles. The van der Waals surface area contributed by atoms with Crippen LogP contribution in [0.2, 0.25) is 0 Å². The number of aliphatic hydroxyl groups excluding tert-OH is 1. The van der Waals surface area contributed by atoms with Crippen LogP contribution in [0.15, 0.2) is 36.4 Å². The fraction of sp³-hybridized carbons (Fsp3) is 0.780. The monoisotopic (exact) mass is 645 g/mol. The summed E-state index contributed by atoms with van der Waals surface area (Å²) in [5, 5.41) is 9.54. The fourth-order valence-corrected chi connectivity index (χ4v) is 5.81. The first-order valence-corrected chi connectivity index (χ1v) is 19.4. The van der Waals surface area contributed by atoms with Gasteiger partial charge in [-0.2, -0.15) is 0 Å². The molecule has 0 aliphatic rings. The third kappa shape index (κ3) is 27.3. The Morgan fingerprint density at radius 3 is 1.52 bits per heavy atom. The lowest BCUT2D eigenvalue weighted by Crippen LogP contribution is -2.25. The van der Waals surface area contributed by atoms with E-state index in [1.165, 1.54) is 148 Å². The number of benzene rings is 1. The summed E-state index contributed by atoms with van der Waals surface area (Å²) in [5.41, 5.74) is 0.977. The Balaban J connectivity index is 1.78. The third-order valence-electron chi connectivity index (χ3n) is 8.92. The lowest BCUT2D eigenvalue weighted by atomic mass is 10.0. The van der Waals surface area contributed by atoms with E-state index in [0.29, 0.717) is 13.0 Å². The van der Waals surface area contributed by atoms with E-state index in [1.807, 2.05) is 24.3 Å². The number of allylic oxidation sites excluding steroid dienone is 2. The van der Waals surface area contributed by atoms with E-state index in [1.54, 1.807) is 7.11 Å². The molecular weight excluding hydrogens is 572 g/mol. The number of aliphatic hydroxyl groups is 1. The van der Waals surface area contributed by atoms with Crippen LogP contribution in [0.1, 0.15) is 179 Å². The molecule has 0 unspecified atom stereocenters. The van der Waals surface area contributed by atoms with Gasteiger partial charge in [0.25, 0.3) is 0 Å². The van der Waals surface area contributed by atoms with E-state index in [4.69, 9.17) is 14.2 Å². The van der Waals surface area contributed by atoms with Crippen molar-refractivity contribution in [2.24, 2.45) is 0 Å². The Bertz CT molecular complexity index is 806. The summed E-state index contributed by atoms with van der Waals surface area (Å²) < 4.78 is 16.2. The zero-order valence-corrected chi connectivity index (χ0v) is 30.1. The summed E-state index contributed by atoms with van der Waals surface area (Å²) in [7, 11) is 1.63. The normalized spacial score (nSPS) is 12.2. The van der Waals surface area contributed by atoms with Gasteiger partial charge in [0.05, 0.1) is 20.3 Å². The van der Waals surface area contributed by atoms with E-state index < -0.39 is 6.10 Å². The molecule has 266 valence electrons. The number of rotatable bonds is 34. The largest absolute Gasteiger partial charge is 0.497 e. The van der Waals surface area contributed by atoms with Gasteiger partial charge in [-0.15, -0.1) is 0 Å². The summed E-state index contributed by atoms with van der Waals surface area (Å²) in [5.74, 6) is 0.583. The number of ether oxygens (including phenoxy) is 3. The highest BCUT2D eigenvalue weighted by Gasteiger charge is 2.12. The van der Waals surface area contributed by atoms with Crippen LogP contribution in [-0.4, -0.2) is 37.5 Å². The van der Waals surface area contributed by atoms with Gasteiger partial charge in [-0.3, -0.25) is 4.79 Å². The van der Waals surface area contributed by atoms with Crippen molar-refractivity contribution in [3.05, 3.63) is 42.0 Å². The number of hydrogen-bond donors (Lipinski definition) is 1. The van der Waals surface area contributed by atoms with Crippen molar-refractivity contribution in [2.45, 2.75) is 187 Å². The van der Waals surface area contributed by atoms with Crippen molar-refractivity contribution >= 4 is 5.97 Å². The fourth-order valence-electron chi connectivity index (χ4n) is 5.81. The Kier molecular flexibility index (Phi) is 30.3. The minimum absolute atomic E-state index is 0.0865. The van der Waals surface area contributed by atoms with Gasteiger partial charge in [0, 0.05) is 6.42 Å². The van der Waals surface area contributed by atoms with Crippen LogP contribution >= 0.6 is 0 Å². The second kappa shape index (κ2) is 33.1. The van der Waals surface area contributed by atoms with Gasteiger partial charge in [-0.05, 0) is 49.8 Å². The Hall–Kier alpha value is -1.85. The molecule has 0 radical (unpaired) electrons. The van der Waals surface area contributed by atoms with E-state index >= 15 is 0 Å². The molecule has 0 amide bonds. The van der Waals surface area contributed by atoms with Gasteiger partial charge in [-0.1, -0.05) is 160 Å². The number of esters is 1. The van der Waals surface area contributed by atoms with Crippen molar-refractivity contribution in [1.29, 1.82) is 0 Å². The van der Waals surface area contributed by atoms with Crippen molar-refractivity contribution in [1.82, 2.24) is 0 Å². The van der Waals surface area contributed by atoms with E-state index in [0.717, 1.165) is 24.2 Å². The molecule has 0 spiro atoms. The van der Waals surface area contributed by atoms with Crippen LogP contribution in [0.3, 0.4) is 0 Å². The van der Waals surface area contributed by atoms with Crippen molar-refractivity contribution in [2.75, 3.05) is 20.3 Å². The SMILES string of the molecule is CCCCCCCC/C=C\CCCCCCCCCCCCCCCCCCCC(=O)OC[C@@H](CO)OCc1ccc(OC)cc1. The summed E-state index contributed by atoms with van der Waals surface area (Å²) in [4.78, 5) is 12.1. The summed E-state index contributed by atoms with van der Waals surface area (Å²) in [6, 6.07) is 7.58. The predicted molar refractivity (Wildman–Crippen MR) is 194 cm³/mol. The zero-order chi connectivity index (χ0) is 33.2. The highest BCUT2D eigenvalue weighted by molar-refractivity contribution is 5.69. The van der Waals surface area contributed by atoms with Crippen LogP contribution in [0.4, 0.5) is 0 Å². The highest BCUT2D eigenvalue weighted by Crippen LogP contribution is 2.16. The molecule has 1 atom stereocenters. The number of carbonyl (C=O) groups is 1. The first kappa shape index (κ1) is 42.2. The van der Waals surface area contributed by atoms with Gasteiger partial charge in [-0.25, -0.2) is 0 Å². The van der Waals surface area contributed by atoms with Crippen LogP contribution in [0.5, 0.6) is 5.75 Å². The molecule has 1 N–H and O–H groups in total. The molecule has 5 nitrogen and oxygen atoms in total. The predicted octanol–water partition coefficient (Wildman–Crippen LogP) is 11.8. The third-order valence-corrected chi connectivity index (χ3v) is 8.92. The Morgan fingerprint density at radius 1 is 0.652 bits per heavy atom. The maximum absolute atomic E-state index is 12.1. The lowest BCUT2D eigenvalue weighted by Gasteiger charge is -2.16. The molecule has 0 saturated heterocycles. The molecular formula is C41H72O5. The molecule has 0 fully saturated rings. The molecule has 5 heteroatoms. The van der Waals surface area contributed by atoms with Crippen LogP contribution in [0, 0.1) is 0 Å². The molecule has 0 aliphatic heterocycles. The second-order valence-corrected chi connectivity index (χ2v) is 13.2. The lowest BCUT2D eigenvalue weighted by molar-refractivity contribution is -0.149. The maximum atomic E-state index is 12.1. The van der Waals surface area contributed by atoms with Gasteiger partial charge in [0.2, 0.25) is 0 Å². The van der Waals surface area contributed by atoms with Crippen LogP contribution in [-0.2, 0) is 20.9 Å². The van der Waals surface area contributed by atoms with Crippen molar-refractivity contribution < 1.29 is 24.1 Å². The summed E-state index contributed by atoms with van der Waals surface area (Å²) in [6.45, 7) is 2.54. The number of carbonyl (C=O) groups excluding carboxylic acids is 1. The van der Waals surface area contributed by atoms with Crippen LogP contribution < -0.4 is 4.74 Å². The minimum atomic E-state index is -0.511. The van der Waals surface area contributed by atoms with E-state index in [9.17, 15) is 9.90 Å². The molecule has 1 aromatic carbocycles. The average Bonchev–Trinajstić information content (AvgIpc) is 3.08. The van der Waals surface area contributed by atoms with Crippen LogP contribution in [0.25, 0.3) is 0 Å². The average molecular weight is 645 g/mol. The number of unbranched alkanes of at least 4 members (excludes halogenated alkanes) is 23. The van der Waals surface area contributed by atoms with Gasteiger partial charge in [0.1, 0.15) is 18.5 Å². The first-order valence-electron chi connectivity index (χ1n) is 19.4. The molecule has 1 rings (SSSR count). The zero-order valence-electron chi connectivity index (χ0n) is 30.1. The maximum Gasteiger partial charge on any atom is 0.305 e. The number of hydrogen-bond acceptors (Lipinski definition) is 5. The minimum Gasteiger partial charge on any atom is -0.497 e. The first-order chi connectivity index (χ1) is 22.7. The van der Waals surface area contributed by atoms with E-state index in [-0.39, 0.29) is 19.2 Å². The molecule has 0 aliphatic carbocycles. The van der Waals surface area contributed by atoms with Crippen molar-refractivity contribution in [3.8, 4) is 5.75 Å². The van der Waals surface area contributed by atoms with Gasteiger partial charge >= 0.3 is 5.97 Å². The molecule has 1 aromatic rings.